The van der Waals surface area contributed by atoms with Crippen LogP contribution in [-0.2, 0) is 6.54 Å². The highest BCUT2D eigenvalue weighted by Crippen LogP contribution is 2.22. The molecule has 1 aromatic heterocycles. The number of benzene rings is 1. The topological polar surface area (TPSA) is 48.7 Å². The fourth-order valence-electron chi connectivity index (χ4n) is 2.90. The summed E-state index contributed by atoms with van der Waals surface area (Å²) in [5.74, 6) is 0.771. The molecule has 1 N–H and O–H groups in total. The van der Waals surface area contributed by atoms with E-state index >= 15 is 0 Å². The van der Waals surface area contributed by atoms with Gasteiger partial charge in [-0.2, -0.15) is 0 Å². The molecule has 0 spiro atoms. The second kappa shape index (κ2) is 6.77. The van der Waals surface area contributed by atoms with Gasteiger partial charge in [-0.25, -0.2) is 4.79 Å². The Morgan fingerprint density at radius 2 is 1.96 bits per heavy atom. The largest absolute Gasteiger partial charge is 0.467 e. The lowest BCUT2D eigenvalue weighted by Gasteiger charge is -2.36. The summed E-state index contributed by atoms with van der Waals surface area (Å²) < 4.78 is 5.23. The fourth-order valence-corrected chi connectivity index (χ4v) is 2.90. The van der Waals surface area contributed by atoms with E-state index in [0.717, 1.165) is 31.9 Å². The summed E-state index contributed by atoms with van der Waals surface area (Å²) in [6, 6.07) is 10.2. The van der Waals surface area contributed by atoms with E-state index in [2.05, 4.69) is 42.3 Å². The van der Waals surface area contributed by atoms with Crippen molar-refractivity contribution in [3.05, 3.63) is 53.5 Å². The minimum Gasteiger partial charge on any atom is -0.467 e. The molecule has 0 radical (unpaired) electrons. The Kier molecular flexibility index (Phi) is 4.55. The lowest BCUT2D eigenvalue weighted by molar-refractivity contribution is 0.193. The Balaban J connectivity index is 1.53. The molecule has 5 heteroatoms. The molecule has 1 saturated heterocycles. The van der Waals surface area contributed by atoms with E-state index in [1.807, 2.05) is 17.0 Å². The maximum atomic E-state index is 12.2. The third-order valence-corrected chi connectivity index (χ3v) is 4.27. The number of carbonyl (C=O) groups is 1. The molecule has 0 bridgehead atoms. The van der Waals surface area contributed by atoms with Gasteiger partial charge in [-0.1, -0.05) is 12.1 Å². The normalized spacial score (nSPS) is 14.9. The smallest absolute Gasteiger partial charge is 0.317 e. The van der Waals surface area contributed by atoms with E-state index < -0.39 is 0 Å². The highest BCUT2D eigenvalue weighted by Gasteiger charge is 2.22. The average molecular weight is 313 g/mol. The first-order valence-electron chi connectivity index (χ1n) is 8.01. The standard InChI is InChI=1S/C18H23N3O2/c1-14-5-6-15(2)17(12-14)20-7-9-21(10-8-20)18(22)19-13-16-4-3-11-23-16/h3-6,11-12H,7-10,13H2,1-2H3,(H,19,22). The number of aryl methyl sites for hydroxylation is 2. The van der Waals surface area contributed by atoms with Crippen molar-refractivity contribution in [1.82, 2.24) is 10.2 Å². The highest BCUT2D eigenvalue weighted by molar-refractivity contribution is 5.74. The number of nitrogens with zero attached hydrogens (tertiary/aromatic N) is 2. The molecule has 3 rings (SSSR count). The summed E-state index contributed by atoms with van der Waals surface area (Å²) in [5.41, 5.74) is 3.83. The number of furan rings is 1. The van der Waals surface area contributed by atoms with Crippen molar-refractivity contribution in [2.75, 3.05) is 31.1 Å². The molecule has 2 heterocycles. The first-order valence-corrected chi connectivity index (χ1v) is 8.01. The molecule has 0 saturated carbocycles. The molecule has 1 aliphatic rings. The lowest BCUT2D eigenvalue weighted by Crippen LogP contribution is -2.51. The number of urea groups is 1. The van der Waals surface area contributed by atoms with Crippen LogP contribution in [0.1, 0.15) is 16.9 Å². The van der Waals surface area contributed by atoms with Crippen LogP contribution in [0.4, 0.5) is 10.5 Å². The summed E-state index contributed by atoms with van der Waals surface area (Å²) in [7, 11) is 0. The van der Waals surface area contributed by atoms with Crippen molar-refractivity contribution in [3.63, 3.8) is 0 Å². The molecular weight excluding hydrogens is 290 g/mol. The number of nitrogens with one attached hydrogen (secondary N) is 1. The van der Waals surface area contributed by atoms with Gasteiger partial charge in [0.2, 0.25) is 0 Å². The van der Waals surface area contributed by atoms with Crippen LogP contribution in [0, 0.1) is 13.8 Å². The Bertz CT molecular complexity index is 659. The van der Waals surface area contributed by atoms with Crippen LogP contribution in [-0.4, -0.2) is 37.1 Å². The molecular formula is C18H23N3O2. The maximum absolute atomic E-state index is 12.2. The van der Waals surface area contributed by atoms with Gasteiger partial charge < -0.3 is 19.5 Å². The van der Waals surface area contributed by atoms with E-state index in [9.17, 15) is 4.79 Å². The van der Waals surface area contributed by atoms with Crippen molar-refractivity contribution in [2.24, 2.45) is 0 Å². The van der Waals surface area contributed by atoms with Crippen LogP contribution in [0.3, 0.4) is 0 Å². The molecule has 5 nitrogen and oxygen atoms in total. The van der Waals surface area contributed by atoms with Crippen LogP contribution in [0.15, 0.2) is 41.0 Å². The Labute approximate surface area is 136 Å². The summed E-state index contributed by atoms with van der Waals surface area (Å²) in [5, 5.41) is 2.90. The molecule has 2 amide bonds. The molecule has 2 aromatic rings. The van der Waals surface area contributed by atoms with Gasteiger partial charge in [-0.05, 0) is 43.2 Å². The van der Waals surface area contributed by atoms with E-state index in [1.54, 1.807) is 6.26 Å². The van der Waals surface area contributed by atoms with Gasteiger partial charge in [0.25, 0.3) is 0 Å². The quantitative estimate of drug-likeness (QED) is 0.948. The highest BCUT2D eigenvalue weighted by atomic mass is 16.3. The Morgan fingerprint density at radius 3 is 2.65 bits per heavy atom. The van der Waals surface area contributed by atoms with Gasteiger partial charge >= 0.3 is 6.03 Å². The zero-order valence-corrected chi connectivity index (χ0v) is 13.7. The van der Waals surface area contributed by atoms with Crippen LogP contribution < -0.4 is 10.2 Å². The molecule has 1 fully saturated rings. The molecule has 1 aliphatic heterocycles. The third-order valence-electron chi connectivity index (χ3n) is 4.27. The lowest BCUT2D eigenvalue weighted by atomic mass is 10.1. The molecule has 0 aliphatic carbocycles. The van der Waals surface area contributed by atoms with E-state index in [4.69, 9.17) is 4.42 Å². The van der Waals surface area contributed by atoms with Crippen LogP contribution >= 0.6 is 0 Å². The van der Waals surface area contributed by atoms with Crippen LogP contribution in [0.2, 0.25) is 0 Å². The summed E-state index contributed by atoms with van der Waals surface area (Å²) >= 11 is 0. The molecule has 0 atom stereocenters. The number of hydrogen-bond acceptors (Lipinski definition) is 3. The minimum absolute atomic E-state index is 0.0259. The second-order valence-corrected chi connectivity index (χ2v) is 6.00. The summed E-state index contributed by atoms with van der Waals surface area (Å²) in [4.78, 5) is 16.4. The molecule has 122 valence electrons. The van der Waals surface area contributed by atoms with Crippen molar-refractivity contribution < 1.29 is 9.21 Å². The predicted molar refractivity (Wildman–Crippen MR) is 90.6 cm³/mol. The van der Waals surface area contributed by atoms with E-state index in [0.29, 0.717) is 6.54 Å². The second-order valence-electron chi connectivity index (χ2n) is 6.00. The Hall–Kier alpha value is -2.43. The number of anilines is 1. The molecule has 0 unspecified atom stereocenters. The maximum Gasteiger partial charge on any atom is 0.317 e. The first-order chi connectivity index (χ1) is 11.1. The SMILES string of the molecule is Cc1ccc(C)c(N2CCN(C(=O)NCc3ccco3)CC2)c1. The van der Waals surface area contributed by atoms with Gasteiger partial charge in [0.1, 0.15) is 5.76 Å². The van der Waals surface area contributed by atoms with Crippen molar-refractivity contribution in [3.8, 4) is 0 Å². The van der Waals surface area contributed by atoms with Crippen LogP contribution in [0.25, 0.3) is 0 Å². The molecule has 1 aromatic carbocycles. The predicted octanol–water partition coefficient (Wildman–Crippen LogP) is 2.93. The van der Waals surface area contributed by atoms with Crippen molar-refractivity contribution in [2.45, 2.75) is 20.4 Å². The zero-order chi connectivity index (χ0) is 16.2. The van der Waals surface area contributed by atoms with Gasteiger partial charge in [-0.3, -0.25) is 0 Å². The average Bonchev–Trinajstić information content (AvgIpc) is 3.08. The third kappa shape index (κ3) is 3.67. The number of piperazine rings is 1. The van der Waals surface area contributed by atoms with Crippen molar-refractivity contribution in [1.29, 1.82) is 0 Å². The minimum atomic E-state index is -0.0259. The number of rotatable bonds is 3. The number of hydrogen-bond donors (Lipinski definition) is 1. The van der Waals surface area contributed by atoms with Crippen molar-refractivity contribution >= 4 is 11.7 Å². The summed E-state index contributed by atoms with van der Waals surface area (Å²) in [6.07, 6.45) is 1.62. The van der Waals surface area contributed by atoms with E-state index in [1.165, 1.54) is 16.8 Å². The summed E-state index contributed by atoms with van der Waals surface area (Å²) in [6.45, 7) is 7.87. The zero-order valence-electron chi connectivity index (χ0n) is 13.7. The first kappa shape index (κ1) is 15.5. The number of carbonyl (C=O) groups excluding carboxylic acids is 1. The van der Waals surface area contributed by atoms with Gasteiger partial charge in [-0.15, -0.1) is 0 Å². The van der Waals surface area contributed by atoms with Gasteiger partial charge in [0, 0.05) is 31.9 Å². The Morgan fingerprint density at radius 1 is 1.17 bits per heavy atom. The van der Waals surface area contributed by atoms with E-state index in [-0.39, 0.29) is 6.03 Å². The number of amides is 2. The van der Waals surface area contributed by atoms with Gasteiger partial charge in [0.05, 0.1) is 12.8 Å². The fraction of sp³-hybridized carbons (Fsp3) is 0.389. The van der Waals surface area contributed by atoms with Gasteiger partial charge in [0.15, 0.2) is 0 Å². The monoisotopic (exact) mass is 313 g/mol. The van der Waals surface area contributed by atoms with Crippen LogP contribution in [0.5, 0.6) is 0 Å². The molecule has 23 heavy (non-hydrogen) atoms.